The van der Waals surface area contributed by atoms with E-state index in [9.17, 15) is 14.4 Å². The smallest absolute Gasteiger partial charge is 0.255 e. The number of benzene rings is 1. The lowest BCUT2D eigenvalue weighted by molar-refractivity contribution is -0.143. The number of amides is 3. The van der Waals surface area contributed by atoms with Gasteiger partial charge in [0.25, 0.3) is 5.91 Å². The minimum atomic E-state index is -0.590. The molecule has 0 bridgehead atoms. The van der Waals surface area contributed by atoms with Gasteiger partial charge in [0.1, 0.15) is 12.1 Å². The number of hydrogen-bond acceptors (Lipinski definition) is 3. The number of hydrogen-bond donors (Lipinski definition) is 1. The first-order chi connectivity index (χ1) is 15.3. The van der Waals surface area contributed by atoms with Crippen LogP contribution in [0.25, 0.3) is 0 Å². The summed E-state index contributed by atoms with van der Waals surface area (Å²) in [6, 6.07) is 6.33. The van der Waals surface area contributed by atoms with E-state index in [-0.39, 0.29) is 29.7 Å². The fourth-order valence-corrected chi connectivity index (χ4v) is 4.86. The first-order valence-electron chi connectivity index (χ1n) is 11.6. The van der Waals surface area contributed by atoms with Crippen molar-refractivity contribution in [3.8, 4) is 0 Å². The number of carbonyl (C=O) groups is 3. The van der Waals surface area contributed by atoms with E-state index < -0.39 is 12.1 Å². The molecule has 0 spiro atoms. The first kappa shape index (κ1) is 23.8. The zero-order chi connectivity index (χ0) is 23.4. The second-order valence-electron chi connectivity index (χ2n) is 9.08. The van der Waals surface area contributed by atoms with Gasteiger partial charge in [-0.1, -0.05) is 63.3 Å². The van der Waals surface area contributed by atoms with Crippen LogP contribution in [0, 0.1) is 5.92 Å². The molecule has 1 aromatic carbocycles. The van der Waals surface area contributed by atoms with E-state index in [1.165, 1.54) is 0 Å². The summed E-state index contributed by atoms with van der Waals surface area (Å²) < 4.78 is 0. The van der Waals surface area contributed by atoms with Crippen LogP contribution in [0.3, 0.4) is 0 Å². The maximum Gasteiger partial charge on any atom is 0.255 e. The van der Waals surface area contributed by atoms with Crippen molar-refractivity contribution in [2.24, 2.45) is 5.92 Å². The van der Waals surface area contributed by atoms with Crippen LogP contribution < -0.4 is 5.32 Å². The maximum atomic E-state index is 13.7. The van der Waals surface area contributed by atoms with Crippen LogP contribution in [0.15, 0.2) is 48.6 Å². The Balaban J connectivity index is 1.78. The second kappa shape index (κ2) is 10.2. The third kappa shape index (κ3) is 4.64. The highest BCUT2D eigenvalue weighted by molar-refractivity contribution is 6.01. The Morgan fingerprint density at radius 1 is 1.28 bits per heavy atom. The van der Waals surface area contributed by atoms with Crippen molar-refractivity contribution >= 4 is 17.7 Å². The van der Waals surface area contributed by atoms with Gasteiger partial charge in [0.2, 0.25) is 11.8 Å². The fourth-order valence-electron chi connectivity index (χ4n) is 4.86. The highest BCUT2D eigenvalue weighted by Gasteiger charge is 2.43. The van der Waals surface area contributed by atoms with Gasteiger partial charge in [-0.25, -0.2) is 0 Å². The lowest BCUT2D eigenvalue weighted by atomic mass is 10.00. The zero-order valence-corrected chi connectivity index (χ0v) is 19.6. The number of likely N-dealkylation sites (tertiary alicyclic amines) is 1. The summed E-state index contributed by atoms with van der Waals surface area (Å²) in [5.41, 5.74) is 2.64. The third-order valence-electron chi connectivity index (χ3n) is 6.56. The van der Waals surface area contributed by atoms with Gasteiger partial charge in [-0.3, -0.25) is 14.4 Å². The Hall–Kier alpha value is -2.89. The number of allylic oxidation sites excluding steroid dienone is 2. The monoisotopic (exact) mass is 437 g/mol. The van der Waals surface area contributed by atoms with Crippen molar-refractivity contribution in [3.05, 3.63) is 59.7 Å². The number of fused-ring (bicyclic) bond motifs is 1. The van der Waals surface area contributed by atoms with E-state index in [0.717, 1.165) is 24.0 Å². The van der Waals surface area contributed by atoms with Crippen molar-refractivity contribution < 1.29 is 14.4 Å². The van der Waals surface area contributed by atoms with Crippen LogP contribution in [-0.2, 0) is 16.1 Å². The van der Waals surface area contributed by atoms with E-state index >= 15 is 0 Å². The molecule has 1 saturated heterocycles. The van der Waals surface area contributed by atoms with Crippen molar-refractivity contribution in [1.29, 1.82) is 0 Å². The predicted molar refractivity (Wildman–Crippen MR) is 126 cm³/mol. The van der Waals surface area contributed by atoms with Gasteiger partial charge in [-0.05, 0) is 43.7 Å². The molecule has 1 N–H and O–H groups in total. The molecule has 0 radical (unpaired) electrons. The standard InChI is InChI=1S/C26H35N3O3/c1-6-11-18(5)21(7-2)27-24(30)22-14-10-15-28(22)26(32)23(17(3)4)29-16-19-12-8-9-13-20(19)25(29)31/h6,8-9,11-13,17,21-23H,1,7,10,14-16H2,2-5H3,(H,27,30)/b18-11+. The molecule has 172 valence electrons. The quantitative estimate of drug-likeness (QED) is 0.631. The molecule has 3 atom stereocenters. The molecular weight excluding hydrogens is 402 g/mol. The molecule has 32 heavy (non-hydrogen) atoms. The van der Waals surface area contributed by atoms with Crippen LogP contribution in [0.1, 0.15) is 62.9 Å². The van der Waals surface area contributed by atoms with E-state index in [0.29, 0.717) is 25.1 Å². The minimum Gasteiger partial charge on any atom is -0.348 e. The molecule has 1 fully saturated rings. The Morgan fingerprint density at radius 3 is 2.62 bits per heavy atom. The highest BCUT2D eigenvalue weighted by Crippen LogP contribution is 2.30. The Labute approximate surface area is 191 Å². The topological polar surface area (TPSA) is 69.7 Å². The van der Waals surface area contributed by atoms with Gasteiger partial charge in [-0.15, -0.1) is 0 Å². The summed E-state index contributed by atoms with van der Waals surface area (Å²) in [5, 5.41) is 3.11. The van der Waals surface area contributed by atoms with Gasteiger partial charge in [-0.2, -0.15) is 0 Å². The normalized spacial score (nSPS) is 20.3. The van der Waals surface area contributed by atoms with E-state index in [1.54, 1.807) is 15.9 Å². The Morgan fingerprint density at radius 2 is 2.00 bits per heavy atom. The summed E-state index contributed by atoms with van der Waals surface area (Å²) in [7, 11) is 0. The van der Waals surface area contributed by atoms with Crippen molar-refractivity contribution in [2.75, 3.05) is 6.54 Å². The van der Waals surface area contributed by atoms with E-state index in [2.05, 4.69) is 11.9 Å². The summed E-state index contributed by atoms with van der Waals surface area (Å²) in [5.74, 6) is -0.432. The molecular formula is C26H35N3O3. The molecule has 1 aromatic rings. The molecule has 2 aliphatic rings. The zero-order valence-electron chi connectivity index (χ0n) is 19.6. The molecule has 2 aliphatic heterocycles. The van der Waals surface area contributed by atoms with Crippen LogP contribution >= 0.6 is 0 Å². The van der Waals surface area contributed by atoms with Crippen LogP contribution in [0.5, 0.6) is 0 Å². The summed E-state index contributed by atoms with van der Waals surface area (Å²) in [4.78, 5) is 43.3. The highest BCUT2D eigenvalue weighted by atomic mass is 16.2. The summed E-state index contributed by atoms with van der Waals surface area (Å²) >= 11 is 0. The molecule has 3 amide bonds. The number of rotatable bonds is 8. The number of nitrogens with zero attached hydrogens (tertiary/aromatic N) is 2. The van der Waals surface area contributed by atoms with Gasteiger partial charge in [0, 0.05) is 24.7 Å². The van der Waals surface area contributed by atoms with Gasteiger partial charge < -0.3 is 15.1 Å². The van der Waals surface area contributed by atoms with Crippen molar-refractivity contribution in [2.45, 2.75) is 71.6 Å². The van der Waals surface area contributed by atoms with Crippen LogP contribution in [0.2, 0.25) is 0 Å². The molecule has 0 aromatic heterocycles. The van der Waals surface area contributed by atoms with Gasteiger partial charge in [0.05, 0.1) is 0 Å². The van der Waals surface area contributed by atoms with Crippen molar-refractivity contribution in [3.63, 3.8) is 0 Å². The lowest BCUT2D eigenvalue weighted by Gasteiger charge is -2.35. The van der Waals surface area contributed by atoms with E-state index in [1.807, 2.05) is 58.0 Å². The lowest BCUT2D eigenvalue weighted by Crippen LogP contribution is -2.56. The second-order valence-corrected chi connectivity index (χ2v) is 9.08. The molecule has 6 nitrogen and oxygen atoms in total. The molecule has 0 aliphatic carbocycles. The predicted octanol–water partition coefficient (Wildman–Crippen LogP) is 3.69. The third-order valence-corrected chi connectivity index (χ3v) is 6.56. The van der Waals surface area contributed by atoms with Gasteiger partial charge >= 0.3 is 0 Å². The molecule has 3 rings (SSSR count). The fraction of sp³-hybridized carbons (Fsp3) is 0.500. The largest absolute Gasteiger partial charge is 0.348 e. The maximum absolute atomic E-state index is 13.7. The van der Waals surface area contributed by atoms with Crippen LogP contribution in [-0.4, -0.2) is 52.2 Å². The summed E-state index contributed by atoms with van der Waals surface area (Å²) in [6.45, 7) is 12.6. The first-order valence-corrected chi connectivity index (χ1v) is 11.6. The molecule has 3 unspecified atom stereocenters. The van der Waals surface area contributed by atoms with Gasteiger partial charge in [0.15, 0.2) is 0 Å². The van der Waals surface area contributed by atoms with E-state index in [4.69, 9.17) is 0 Å². The Kier molecular flexibility index (Phi) is 7.54. The SMILES string of the molecule is C=C/C=C(\C)C(CC)NC(=O)C1CCCN1C(=O)C(C(C)C)N1Cc2ccccc2C1=O. The minimum absolute atomic E-state index is 0.0637. The Bertz CT molecular complexity index is 921. The number of nitrogens with one attached hydrogen (secondary N) is 1. The molecule has 0 saturated carbocycles. The average Bonchev–Trinajstić information content (AvgIpc) is 3.38. The number of carbonyl (C=O) groups excluding carboxylic acids is 3. The summed E-state index contributed by atoms with van der Waals surface area (Å²) in [6.07, 6.45) is 5.79. The molecule has 2 heterocycles. The molecule has 6 heteroatoms. The average molecular weight is 438 g/mol. The van der Waals surface area contributed by atoms with Crippen LogP contribution in [0.4, 0.5) is 0 Å². The van der Waals surface area contributed by atoms with Crippen molar-refractivity contribution in [1.82, 2.24) is 15.1 Å².